The highest BCUT2D eigenvalue weighted by molar-refractivity contribution is 5.79. The number of likely N-dealkylation sites (N-methyl/N-ethyl adjacent to an activating group) is 1. The quantitative estimate of drug-likeness (QED) is 0.305. The summed E-state index contributed by atoms with van der Waals surface area (Å²) >= 11 is 0. The third-order valence-corrected chi connectivity index (χ3v) is 4.98. The van der Waals surface area contributed by atoms with Gasteiger partial charge in [0.05, 0.1) is 31.6 Å². The summed E-state index contributed by atoms with van der Waals surface area (Å²) in [6.07, 6.45) is 5.25. The first kappa shape index (κ1) is 22.7. The van der Waals surface area contributed by atoms with Crippen LogP contribution in [-0.4, -0.2) is 69.5 Å². The highest BCUT2D eigenvalue weighted by Crippen LogP contribution is 2.21. The molecule has 0 spiro atoms. The van der Waals surface area contributed by atoms with Crippen molar-refractivity contribution in [1.29, 1.82) is 0 Å². The maximum Gasteiger partial charge on any atom is 0.191 e. The van der Waals surface area contributed by atoms with Crippen LogP contribution >= 0.6 is 0 Å². The van der Waals surface area contributed by atoms with Gasteiger partial charge in [-0.2, -0.15) is 0 Å². The lowest BCUT2D eigenvalue weighted by molar-refractivity contribution is 0.0168. The zero-order valence-corrected chi connectivity index (χ0v) is 17.8. The average molecular weight is 395 g/mol. The number of rotatable bonds is 13. The number of nitrogens with zero attached hydrogens (tertiary/aromatic N) is 2. The number of nitrogens with one attached hydrogen (secondary N) is 2. The third-order valence-electron chi connectivity index (χ3n) is 4.98. The number of aliphatic imine (C=N–C) groups is 1. The maximum absolute atomic E-state index is 5.72. The monoisotopic (exact) mass is 394 g/mol. The highest BCUT2D eigenvalue weighted by Gasteiger charge is 2.20. The van der Waals surface area contributed by atoms with Gasteiger partial charge in [-0.15, -0.1) is 0 Å². The second-order valence-electron chi connectivity index (χ2n) is 6.96. The first-order valence-corrected chi connectivity index (χ1v) is 10.8. The predicted octanol–water partition coefficient (Wildman–Crippen LogP) is 2.80. The van der Waals surface area contributed by atoms with Gasteiger partial charge in [-0.25, -0.2) is 0 Å². The van der Waals surface area contributed by atoms with Crippen LogP contribution in [0.15, 0.2) is 27.8 Å². The molecule has 2 N–H and O–H groups in total. The van der Waals surface area contributed by atoms with Gasteiger partial charge in [-0.1, -0.05) is 13.8 Å². The van der Waals surface area contributed by atoms with Gasteiger partial charge in [0, 0.05) is 26.3 Å². The fourth-order valence-electron chi connectivity index (χ4n) is 3.42. The number of furan rings is 1. The Labute approximate surface area is 169 Å². The van der Waals surface area contributed by atoms with Crippen LogP contribution in [0.5, 0.6) is 0 Å². The molecule has 7 heteroatoms. The number of hydrogen-bond acceptors (Lipinski definition) is 5. The molecule has 1 fully saturated rings. The number of ether oxygens (including phenoxy) is 2. The van der Waals surface area contributed by atoms with Crippen LogP contribution in [0.2, 0.25) is 0 Å². The highest BCUT2D eigenvalue weighted by atomic mass is 16.5. The number of guanidine groups is 1. The Kier molecular flexibility index (Phi) is 11.0. The van der Waals surface area contributed by atoms with E-state index in [9.17, 15) is 0 Å². The van der Waals surface area contributed by atoms with Gasteiger partial charge in [0.1, 0.15) is 5.76 Å². The summed E-state index contributed by atoms with van der Waals surface area (Å²) in [5.41, 5.74) is 0. The number of hydrogen-bond donors (Lipinski definition) is 2. The predicted molar refractivity (Wildman–Crippen MR) is 113 cm³/mol. The zero-order valence-electron chi connectivity index (χ0n) is 17.8. The first-order valence-electron chi connectivity index (χ1n) is 10.8. The van der Waals surface area contributed by atoms with Gasteiger partial charge < -0.3 is 24.5 Å². The van der Waals surface area contributed by atoms with E-state index in [4.69, 9.17) is 18.9 Å². The molecule has 1 aliphatic heterocycles. The molecular weight excluding hydrogens is 356 g/mol. The summed E-state index contributed by atoms with van der Waals surface area (Å²) in [6, 6.07) is 4.12. The lowest BCUT2D eigenvalue weighted by atomic mass is 10.2. The van der Waals surface area contributed by atoms with Crippen molar-refractivity contribution in [2.75, 3.05) is 52.5 Å². The SMILES string of the molecule is CCNC(=NCC(c1ccco1)N(CC)CC)NCCCOCC1CCCO1. The van der Waals surface area contributed by atoms with E-state index in [1.807, 2.05) is 12.1 Å². The molecule has 1 saturated heterocycles. The summed E-state index contributed by atoms with van der Waals surface area (Å²) in [7, 11) is 0. The van der Waals surface area contributed by atoms with Crippen LogP contribution in [0.1, 0.15) is 51.8 Å². The Morgan fingerprint density at radius 3 is 2.82 bits per heavy atom. The summed E-state index contributed by atoms with van der Waals surface area (Å²) in [5, 5.41) is 6.73. The molecule has 0 aromatic carbocycles. The molecule has 160 valence electrons. The topological polar surface area (TPSA) is 71.3 Å². The van der Waals surface area contributed by atoms with E-state index in [2.05, 4.69) is 36.3 Å². The summed E-state index contributed by atoms with van der Waals surface area (Å²) in [5.74, 6) is 1.80. The maximum atomic E-state index is 5.72. The normalized spacial score (nSPS) is 18.6. The van der Waals surface area contributed by atoms with Crippen LogP contribution in [0, 0.1) is 0 Å². The van der Waals surface area contributed by atoms with Crippen LogP contribution in [0.3, 0.4) is 0 Å². The summed E-state index contributed by atoms with van der Waals surface area (Å²) < 4.78 is 17.0. The van der Waals surface area contributed by atoms with Crippen LogP contribution < -0.4 is 10.6 Å². The average Bonchev–Trinajstić information content (AvgIpc) is 3.41. The van der Waals surface area contributed by atoms with Gasteiger partial charge in [0.2, 0.25) is 0 Å². The molecular formula is C21H38N4O3. The first-order chi connectivity index (χ1) is 13.8. The van der Waals surface area contributed by atoms with Crippen molar-refractivity contribution in [3.63, 3.8) is 0 Å². The van der Waals surface area contributed by atoms with E-state index in [0.29, 0.717) is 19.3 Å². The fraction of sp³-hybridized carbons (Fsp3) is 0.762. The molecule has 28 heavy (non-hydrogen) atoms. The third kappa shape index (κ3) is 7.81. The van der Waals surface area contributed by atoms with E-state index >= 15 is 0 Å². The minimum absolute atomic E-state index is 0.148. The molecule has 0 amide bonds. The van der Waals surface area contributed by atoms with E-state index in [-0.39, 0.29) is 6.04 Å². The Morgan fingerprint density at radius 2 is 2.18 bits per heavy atom. The van der Waals surface area contributed by atoms with Gasteiger partial charge in [-0.05, 0) is 51.4 Å². The molecule has 7 nitrogen and oxygen atoms in total. The lowest BCUT2D eigenvalue weighted by Gasteiger charge is -2.27. The van der Waals surface area contributed by atoms with Crippen LogP contribution in [0.4, 0.5) is 0 Å². The molecule has 1 aromatic rings. The summed E-state index contributed by atoms with van der Waals surface area (Å²) in [6.45, 7) is 13.0. The smallest absolute Gasteiger partial charge is 0.191 e. The van der Waals surface area contributed by atoms with Crippen molar-refractivity contribution in [1.82, 2.24) is 15.5 Å². The Balaban J connectivity index is 1.77. The molecule has 1 aliphatic rings. The molecule has 0 bridgehead atoms. The Morgan fingerprint density at radius 1 is 1.32 bits per heavy atom. The van der Waals surface area contributed by atoms with Crippen LogP contribution in [0.25, 0.3) is 0 Å². The molecule has 2 atom stereocenters. The minimum Gasteiger partial charge on any atom is -0.468 e. The largest absolute Gasteiger partial charge is 0.468 e. The van der Waals surface area contributed by atoms with E-state index in [0.717, 1.165) is 70.4 Å². The van der Waals surface area contributed by atoms with Gasteiger partial charge in [0.15, 0.2) is 5.96 Å². The lowest BCUT2D eigenvalue weighted by Crippen LogP contribution is -2.39. The van der Waals surface area contributed by atoms with Crippen molar-refractivity contribution in [3.8, 4) is 0 Å². The van der Waals surface area contributed by atoms with E-state index in [1.54, 1.807) is 6.26 Å². The standard InChI is InChI=1S/C21H38N4O3/c1-4-22-21(23-12-9-13-26-17-18-10-7-14-27-18)24-16-19(25(5-2)6-3)20-11-8-15-28-20/h8,11,15,18-19H,4-7,9-10,12-14,16-17H2,1-3H3,(H2,22,23,24). The molecule has 0 aliphatic carbocycles. The second-order valence-corrected chi connectivity index (χ2v) is 6.96. The van der Waals surface area contributed by atoms with Crippen molar-refractivity contribution in [2.24, 2.45) is 4.99 Å². The molecule has 1 aromatic heterocycles. The van der Waals surface area contributed by atoms with Gasteiger partial charge in [-0.3, -0.25) is 9.89 Å². The van der Waals surface area contributed by atoms with Gasteiger partial charge >= 0.3 is 0 Å². The van der Waals surface area contributed by atoms with Crippen LogP contribution in [-0.2, 0) is 9.47 Å². The van der Waals surface area contributed by atoms with Crippen molar-refractivity contribution in [3.05, 3.63) is 24.2 Å². The molecule has 2 heterocycles. The Bertz CT molecular complexity index is 526. The molecule has 0 radical (unpaired) electrons. The molecule has 2 unspecified atom stereocenters. The fourth-order valence-corrected chi connectivity index (χ4v) is 3.42. The molecule has 0 saturated carbocycles. The van der Waals surface area contributed by atoms with Crippen molar-refractivity contribution < 1.29 is 13.9 Å². The Hall–Kier alpha value is -1.57. The van der Waals surface area contributed by atoms with E-state index < -0.39 is 0 Å². The van der Waals surface area contributed by atoms with Gasteiger partial charge in [0.25, 0.3) is 0 Å². The molecule has 2 rings (SSSR count). The van der Waals surface area contributed by atoms with E-state index in [1.165, 1.54) is 0 Å². The zero-order chi connectivity index (χ0) is 20.0. The summed E-state index contributed by atoms with van der Waals surface area (Å²) in [4.78, 5) is 7.17. The second kappa shape index (κ2) is 13.6. The minimum atomic E-state index is 0.148. The van der Waals surface area contributed by atoms with Crippen molar-refractivity contribution in [2.45, 2.75) is 52.2 Å². The van der Waals surface area contributed by atoms with Crippen molar-refractivity contribution >= 4 is 5.96 Å².